The summed E-state index contributed by atoms with van der Waals surface area (Å²) in [6.07, 6.45) is 8.22. The van der Waals surface area contributed by atoms with Gasteiger partial charge in [0.1, 0.15) is 41.7 Å². The zero-order valence-electron chi connectivity index (χ0n) is 22.7. The summed E-state index contributed by atoms with van der Waals surface area (Å²) in [5.41, 5.74) is 2.99. The second-order valence-electron chi connectivity index (χ2n) is 9.96. The Morgan fingerprint density at radius 2 is 1.95 bits per heavy atom. The van der Waals surface area contributed by atoms with Crippen LogP contribution in [0.25, 0.3) is 0 Å². The molecular formula is C29H36F2N6O3. The Kier molecular flexibility index (Phi) is 10.6. The van der Waals surface area contributed by atoms with E-state index in [1.165, 1.54) is 11.8 Å². The molecular weight excluding hydrogens is 518 g/mol. The summed E-state index contributed by atoms with van der Waals surface area (Å²) in [5.74, 6) is -0.876. The lowest BCUT2D eigenvalue weighted by Gasteiger charge is -2.24. The molecule has 0 saturated carbocycles. The number of hydrogen-bond donors (Lipinski definition) is 3. The summed E-state index contributed by atoms with van der Waals surface area (Å²) >= 11 is 0. The van der Waals surface area contributed by atoms with E-state index in [0.29, 0.717) is 37.6 Å². The zero-order valence-corrected chi connectivity index (χ0v) is 22.7. The highest BCUT2D eigenvalue weighted by molar-refractivity contribution is 5.76. The van der Waals surface area contributed by atoms with Crippen LogP contribution in [0.5, 0.6) is 5.75 Å². The van der Waals surface area contributed by atoms with Gasteiger partial charge in [0.15, 0.2) is 0 Å². The molecule has 1 aliphatic heterocycles. The molecule has 1 aromatic carbocycles. The lowest BCUT2D eigenvalue weighted by molar-refractivity contribution is -0.138. The van der Waals surface area contributed by atoms with Gasteiger partial charge < -0.3 is 20.5 Å². The van der Waals surface area contributed by atoms with Gasteiger partial charge in [-0.25, -0.2) is 23.5 Å². The van der Waals surface area contributed by atoms with E-state index in [9.17, 15) is 18.7 Å². The van der Waals surface area contributed by atoms with Gasteiger partial charge in [-0.15, -0.1) is 0 Å². The monoisotopic (exact) mass is 554 g/mol. The second kappa shape index (κ2) is 14.5. The van der Waals surface area contributed by atoms with Crippen LogP contribution in [0.3, 0.4) is 0 Å². The molecule has 0 radical (unpaired) electrons. The maximum atomic E-state index is 13.5. The number of unbranched alkanes of at least 4 members (excludes halogenated alkanes) is 1. The highest BCUT2D eigenvalue weighted by Gasteiger charge is 2.20. The number of carboxylic acids is 1. The number of hydrogen-bond acceptors (Lipinski definition) is 8. The maximum Gasteiger partial charge on any atom is 0.326 e. The van der Waals surface area contributed by atoms with Crippen molar-refractivity contribution in [3.63, 3.8) is 0 Å². The Balaban J connectivity index is 1.32. The number of pyridine rings is 1. The maximum absolute atomic E-state index is 13.5. The van der Waals surface area contributed by atoms with Gasteiger partial charge in [-0.05, 0) is 63.6 Å². The Labute approximate surface area is 233 Å². The molecule has 3 aromatic rings. The molecule has 0 saturated heterocycles. The van der Waals surface area contributed by atoms with Gasteiger partial charge in [0, 0.05) is 49.7 Å². The molecule has 0 fully saturated rings. The Morgan fingerprint density at radius 3 is 2.73 bits per heavy atom. The summed E-state index contributed by atoms with van der Waals surface area (Å²) in [6, 6.07) is 6.46. The molecule has 3 heterocycles. The number of ether oxygens (including phenoxy) is 1. The molecule has 1 aliphatic rings. The number of aromatic nitrogens is 3. The number of nitrogens with zero attached hydrogens (tertiary/aromatic N) is 4. The summed E-state index contributed by atoms with van der Waals surface area (Å²) in [5, 5.41) is 16.1. The summed E-state index contributed by atoms with van der Waals surface area (Å²) in [6.45, 7) is 4.60. The predicted molar refractivity (Wildman–Crippen MR) is 149 cm³/mol. The number of halogens is 2. The number of anilines is 2. The number of carbonyl (C=O) groups is 1. The van der Waals surface area contributed by atoms with E-state index >= 15 is 0 Å². The van der Waals surface area contributed by atoms with E-state index in [1.807, 2.05) is 0 Å². The normalized spacial score (nSPS) is 13.4. The highest BCUT2D eigenvalue weighted by atomic mass is 19.1. The van der Waals surface area contributed by atoms with Gasteiger partial charge in [0.25, 0.3) is 0 Å². The number of nitrogens with one attached hydrogen (secondary N) is 2. The fourth-order valence-electron chi connectivity index (χ4n) is 4.67. The fraction of sp³-hybridized carbons (Fsp3) is 0.448. The lowest BCUT2D eigenvalue weighted by Crippen LogP contribution is -2.37. The van der Waals surface area contributed by atoms with Crippen molar-refractivity contribution in [1.82, 2.24) is 19.9 Å². The van der Waals surface area contributed by atoms with Gasteiger partial charge in [-0.2, -0.15) is 0 Å². The minimum absolute atomic E-state index is 0.118. The average Bonchev–Trinajstić information content (AvgIpc) is 2.92. The van der Waals surface area contributed by atoms with Gasteiger partial charge >= 0.3 is 5.97 Å². The topological polar surface area (TPSA) is 112 Å². The molecule has 2 aromatic heterocycles. The van der Waals surface area contributed by atoms with E-state index in [4.69, 9.17) is 9.72 Å². The number of fused-ring (bicyclic) bond motifs is 1. The molecule has 0 amide bonds. The lowest BCUT2D eigenvalue weighted by atomic mass is 10.1. The van der Waals surface area contributed by atoms with Crippen LogP contribution in [0, 0.1) is 18.6 Å². The first-order valence-corrected chi connectivity index (χ1v) is 13.7. The highest BCUT2D eigenvalue weighted by Crippen LogP contribution is 2.20. The van der Waals surface area contributed by atoms with Crippen LogP contribution < -0.4 is 15.4 Å². The van der Waals surface area contributed by atoms with Crippen LogP contribution in [-0.2, 0) is 17.6 Å². The number of carboxylic acid groups (broad SMARTS) is 1. The van der Waals surface area contributed by atoms with Crippen LogP contribution >= 0.6 is 0 Å². The third kappa shape index (κ3) is 9.11. The van der Waals surface area contributed by atoms with Crippen LogP contribution in [0.15, 0.2) is 42.7 Å². The van der Waals surface area contributed by atoms with Gasteiger partial charge in [-0.3, -0.25) is 9.88 Å². The molecule has 1 atom stereocenters. The van der Waals surface area contributed by atoms with Crippen LogP contribution in [0.2, 0.25) is 0 Å². The Bertz CT molecular complexity index is 1260. The molecule has 11 heteroatoms. The zero-order chi connectivity index (χ0) is 28.3. The van der Waals surface area contributed by atoms with Crippen LogP contribution in [0.4, 0.5) is 20.4 Å². The largest absolute Gasteiger partial charge is 0.492 e. The Morgan fingerprint density at radius 1 is 1.12 bits per heavy atom. The van der Waals surface area contributed by atoms with Crippen LogP contribution in [-0.4, -0.2) is 69.8 Å². The van der Waals surface area contributed by atoms with Crippen molar-refractivity contribution < 1.29 is 23.4 Å². The standard InChI is InChI=1S/C29H36F2N6O3/c1-20-18-32-19-27(34-20)36-26(29(38)39)9-12-37(13-14-40-25-16-22(30)15-23(31)17-25)11-3-2-6-24-8-7-21-5-4-10-33-28(21)35-24/h7-8,15-19,26H,2-6,9-14H2,1H3,(H,33,35)(H,34,36)(H,38,39)/t26-/m0/s1. The van der Waals surface area contributed by atoms with E-state index in [0.717, 1.165) is 68.4 Å². The number of aryl methyl sites for hydroxylation is 3. The van der Waals surface area contributed by atoms with E-state index in [1.54, 1.807) is 13.1 Å². The van der Waals surface area contributed by atoms with Crippen molar-refractivity contribution in [1.29, 1.82) is 0 Å². The third-order valence-corrected chi connectivity index (χ3v) is 6.73. The smallest absolute Gasteiger partial charge is 0.326 e. The van der Waals surface area contributed by atoms with Gasteiger partial charge in [0.05, 0.1) is 11.9 Å². The van der Waals surface area contributed by atoms with Gasteiger partial charge in [0.2, 0.25) is 0 Å². The van der Waals surface area contributed by atoms with E-state index < -0.39 is 23.6 Å². The number of benzene rings is 1. The first-order valence-electron chi connectivity index (χ1n) is 13.7. The fourth-order valence-corrected chi connectivity index (χ4v) is 4.67. The Hall–Kier alpha value is -3.86. The second-order valence-corrected chi connectivity index (χ2v) is 9.96. The minimum atomic E-state index is -0.984. The van der Waals surface area contributed by atoms with Crippen molar-refractivity contribution >= 4 is 17.6 Å². The number of aliphatic carboxylic acids is 1. The molecule has 0 bridgehead atoms. The SMILES string of the molecule is Cc1cncc(N[C@@H](CCN(CCCCc2ccc3c(n2)NCCC3)CCOc2cc(F)cc(F)c2)C(=O)O)n1. The molecule has 9 nitrogen and oxygen atoms in total. The van der Waals surface area contributed by atoms with Crippen molar-refractivity contribution in [2.75, 3.05) is 43.4 Å². The minimum Gasteiger partial charge on any atom is -0.492 e. The third-order valence-electron chi connectivity index (χ3n) is 6.73. The van der Waals surface area contributed by atoms with Crippen molar-refractivity contribution in [3.8, 4) is 5.75 Å². The van der Waals surface area contributed by atoms with E-state index in [-0.39, 0.29) is 12.4 Å². The van der Waals surface area contributed by atoms with Crippen molar-refractivity contribution in [3.05, 3.63) is 71.3 Å². The molecule has 0 spiro atoms. The first-order chi connectivity index (χ1) is 19.4. The van der Waals surface area contributed by atoms with E-state index in [2.05, 4.69) is 37.6 Å². The predicted octanol–water partition coefficient (Wildman–Crippen LogP) is 4.48. The number of rotatable bonds is 15. The van der Waals surface area contributed by atoms with Crippen molar-refractivity contribution in [2.45, 2.75) is 51.5 Å². The molecule has 40 heavy (non-hydrogen) atoms. The molecule has 214 valence electrons. The summed E-state index contributed by atoms with van der Waals surface area (Å²) < 4.78 is 32.7. The first kappa shape index (κ1) is 29.1. The molecule has 3 N–H and O–H groups in total. The molecule has 0 aliphatic carbocycles. The summed E-state index contributed by atoms with van der Waals surface area (Å²) in [4.78, 5) is 27.2. The van der Waals surface area contributed by atoms with Gasteiger partial charge in [-0.1, -0.05) is 6.07 Å². The van der Waals surface area contributed by atoms with Crippen molar-refractivity contribution in [2.24, 2.45) is 0 Å². The quantitative estimate of drug-likeness (QED) is 0.234. The molecule has 0 unspecified atom stereocenters. The molecule has 4 rings (SSSR count). The van der Waals surface area contributed by atoms with Crippen LogP contribution in [0.1, 0.15) is 42.6 Å². The average molecular weight is 555 g/mol. The summed E-state index contributed by atoms with van der Waals surface area (Å²) in [7, 11) is 0.